The average Bonchev–Trinajstić information content (AvgIpc) is 2.48. The topological polar surface area (TPSA) is 49.3 Å². The number of hydrogen-bond donors (Lipinski definition) is 2. The molecule has 2 aromatic rings. The number of halogens is 1. The van der Waals surface area contributed by atoms with E-state index in [2.05, 4.69) is 5.32 Å². The van der Waals surface area contributed by atoms with Gasteiger partial charge in [-0.1, -0.05) is 54.1 Å². The zero-order chi connectivity index (χ0) is 14.4. The van der Waals surface area contributed by atoms with Crippen LogP contribution in [-0.2, 0) is 6.42 Å². The Balaban J connectivity index is 2.03. The van der Waals surface area contributed by atoms with Gasteiger partial charge >= 0.3 is 0 Å². The quantitative estimate of drug-likeness (QED) is 0.889. The summed E-state index contributed by atoms with van der Waals surface area (Å²) in [7, 11) is 0. The molecule has 0 spiro atoms. The van der Waals surface area contributed by atoms with Crippen molar-refractivity contribution in [2.45, 2.75) is 12.5 Å². The van der Waals surface area contributed by atoms with Gasteiger partial charge in [0.25, 0.3) is 5.91 Å². The Morgan fingerprint density at radius 1 is 1.10 bits per heavy atom. The fourth-order valence-corrected chi connectivity index (χ4v) is 2.19. The number of aliphatic hydroxyl groups is 1. The number of rotatable bonds is 5. The van der Waals surface area contributed by atoms with E-state index in [9.17, 15) is 9.90 Å². The molecule has 2 aromatic carbocycles. The lowest BCUT2D eigenvalue weighted by Gasteiger charge is -2.17. The standard InChI is InChI=1S/C16H16ClNO2/c17-15-9-5-4-8-14(15)16(20)18-13(11-19)10-12-6-2-1-3-7-12/h1-9,13,19H,10-11H2,(H,18,20). The van der Waals surface area contributed by atoms with Crippen molar-refractivity contribution in [3.8, 4) is 0 Å². The maximum Gasteiger partial charge on any atom is 0.253 e. The van der Waals surface area contributed by atoms with Crippen LogP contribution in [0.4, 0.5) is 0 Å². The highest BCUT2D eigenvalue weighted by Gasteiger charge is 2.15. The fraction of sp³-hybridized carbons (Fsp3) is 0.188. The van der Waals surface area contributed by atoms with Gasteiger partial charge in [-0.3, -0.25) is 4.79 Å². The molecule has 0 radical (unpaired) electrons. The third-order valence-corrected chi connectivity index (χ3v) is 3.33. The van der Waals surface area contributed by atoms with Crippen molar-refractivity contribution in [3.05, 3.63) is 70.7 Å². The second-order valence-electron chi connectivity index (χ2n) is 4.52. The second kappa shape index (κ2) is 7.08. The molecule has 2 N–H and O–H groups in total. The number of benzene rings is 2. The van der Waals surface area contributed by atoms with E-state index < -0.39 is 0 Å². The van der Waals surface area contributed by atoms with Gasteiger partial charge in [0.2, 0.25) is 0 Å². The van der Waals surface area contributed by atoms with E-state index in [1.54, 1.807) is 24.3 Å². The molecule has 0 saturated heterocycles. The minimum atomic E-state index is -0.332. The molecule has 3 nitrogen and oxygen atoms in total. The van der Waals surface area contributed by atoms with E-state index in [1.165, 1.54) is 0 Å². The lowest BCUT2D eigenvalue weighted by Crippen LogP contribution is -2.39. The first kappa shape index (κ1) is 14.6. The number of aliphatic hydroxyl groups excluding tert-OH is 1. The van der Waals surface area contributed by atoms with Crippen LogP contribution in [-0.4, -0.2) is 23.7 Å². The van der Waals surface area contributed by atoms with Crippen LogP contribution in [0.2, 0.25) is 5.02 Å². The highest BCUT2D eigenvalue weighted by Crippen LogP contribution is 2.15. The van der Waals surface area contributed by atoms with Crippen LogP contribution >= 0.6 is 11.6 Å². The van der Waals surface area contributed by atoms with Crippen LogP contribution in [0, 0.1) is 0 Å². The summed E-state index contributed by atoms with van der Waals surface area (Å²) < 4.78 is 0. The molecule has 4 heteroatoms. The number of nitrogens with one attached hydrogen (secondary N) is 1. The van der Waals surface area contributed by atoms with Crippen LogP contribution in [0.1, 0.15) is 15.9 Å². The first-order valence-electron chi connectivity index (χ1n) is 6.41. The fourth-order valence-electron chi connectivity index (χ4n) is 1.97. The molecule has 0 aliphatic heterocycles. The molecule has 0 fully saturated rings. The zero-order valence-corrected chi connectivity index (χ0v) is 11.7. The van der Waals surface area contributed by atoms with Gasteiger partial charge in [0.05, 0.1) is 23.2 Å². The van der Waals surface area contributed by atoms with Crippen molar-refractivity contribution in [1.82, 2.24) is 5.32 Å². The summed E-state index contributed by atoms with van der Waals surface area (Å²) in [6, 6.07) is 16.2. The molecular weight excluding hydrogens is 274 g/mol. The molecule has 0 saturated carbocycles. The Morgan fingerprint density at radius 3 is 2.40 bits per heavy atom. The van der Waals surface area contributed by atoms with Gasteiger partial charge in [0, 0.05) is 0 Å². The molecule has 1 unspecified atom stereocenters. The first-order chi connectivity index (χ1) is 9.70. The highest BCUT2D eigenvalue weighted by molar-refractivity contribution is 6.33. The van der Waals surface area contributed by atoms with Gasteiger partial charge in [-0.2, -0.15) is 0 Å². The lowest BCUT2D eigenvalue weighted by molar-refractivity contribution is 0.0916. The Labute approximate surface area is 123 Å². The molecule has 0 aliphatic carbocycles. The summed E-state index contributed by atoms with van der Waals surface area (Å²) in [6.45, 7) is -0.120. The van der Waals surface area contributed by atoms with Crippen molar-refractivity contribution in [3.63, 3.8) is 0 Å². The summed E-state index contributed by atoms with van der Waals surface area (Å²) in [5.74, 6) is -0.273. The van der Waals surface area contributed by atoms with Gasteiger partial charge < -0.3 is 10.4 Å². The monoisotopic (exact) mass is 289 g/mol. The van der Waals surface area contributed by atoms with E-state index in [-0.39, 0.29) is 18.6 Å². The summed E-state index contributed by atoms with van der Waals surface area (Å²) >= 11 is 5.98. The minimum absolute atomic E-state index is 0.120. The molecule has 1 atom stereocenters. The van der Waals surface area contributed by atoms with Gasteiger partial charge in [-0.05, 0) is 24.1 Å². The van der Waals surface area contributed by atoms with E-state index >= 15 is 0 Å². The first-order valence-corrected chi connectivity index (χ1v) is 6.78. The van der Waals surface area contributed by atoms with Gasteiger partial charge in [-0.25, -0.2) is 0 Å². The van der Waals surface area contributed by atoms with Crippen LogP contribution < -0.4 is 5.32 Å². The van der Waals surface area contributed by atoms with Crippen LogP contribution in [0.25, 0.3) is 0 Å². The largest absolute Gasteiger partial charge is 0.394 e. The highest BCUT2D eigenvalue weighted by atomic mass is 35.5. The summed E-state index contributed by atoms with van der Waals surface area (Å²) in [5.41, 5.74) is 1.48. The maximum atomic E-state index is 12.1. The lowest BCUT2D eigenvalue weighted by atomic mass is 10.1. The Bertz CT molecular complexity index is 572. The SMILES string of the molecule is O=C(NC(CO)Cc1ccccc1)c1ccccc1Cl. The third-order valence-electron chi connectivity index (χ3n) is 3.00. The number of carbonyl (C=O) groups excluding carboxylic acids is 1. The average molecular weight is 290 g/mol. The Hall–Kier alpha value is -1.84. The van der Waals surface area contributed by atoms with Gasteiger partial charge in [0.1, 0.15) is 0 Å². The Kier molecular flexibility index (Phi) is 5.16. The third kappa shape index (κ3) is 3.83. The van der Waals surface area contributed by atoms with Gasteiger partial charge in [0.15, 0.2) is 0 Å². The number of amides is 1. The van der Waals surface area contributed by atoms with E-state index in [1.807, 2.05) is 30.3 Å². The molecule has 0 bridgehead atoms. The van der Waals surface area contributed by atoms with Crippen LogP contribution in [0.3, 0.4) is 0 Å². The molecule has 0 aromatic heterocycles. The number of carbonyl (C=O) groups is 1. The van der Waals surface area contributed by atoms with Crippen molar-refractivity contribution < 1.29 is 9.90 Å². The van der Waals surface area contributed by atoms with E-state index in [0.717, 1.165) is 5.56 Å². The normalized spacial score (nSPS) is 11.9. The Morgan fingerprint density at radius 2 is 1.75 bits per heavy atom. The van der Waals surface area contributed by atoms with E-state index in [0.29, 0.717) is 17.0 Å². The van der Waals surface area contributed by atoms with Crippen molar-refractivity contribution in [2.24, 2.45) is 0 Å². The van der Waals surface area contributed by atoms with Crippen molar-refractivity contribution in [2.75, 3.05) is 6.61 Å². The molecule has 1 amide bonds. The summed E-state index contributed by atoms with van der Waals surface area (Å²) in [5, 5.41) is 12.6. The second-order valence-corrected chi connectivity index (χ2v) is 4.93. The van der Waals surface area contributed by atoms with E-state index in [4.69, 9.17) is 11.6 Å². The smallest absolute Gasteiger partial charge is 0.253 e. The van der Waals surface area contributed by atoms with Crippen LogP contribution in [0.5, 0.6) is 0 Å². The van der Waals surface area contributed by atoms with Crippen molar-refractivity contribution >= 4 is 17.5 Å². The van der Waals surface area contributed by atoms with Crippen molar-refractivity contribution in [1.29, 1.82) is 0 Å². The van der Waals surface area contributed by atoms with Gasteiger partial charge in [-0.15, -0.1) is 0 Å². The predicted molar refractivity (Wildman–Crippen MR) is 79.9 cm³/mol. The molecule has 104 valence electrons. The molecule has 0 aliphatic rings. The van der Waals surface area contributed by atoms with Crippen LogP contribution in [0.15, 0.2) is 54.6 Å². The predicted octanol–water partition coefficient (Wildman–Crippen LogP) is 2.67. The summed E-state index contributed by atoms with van der Waals surface area (Å²) in [4.78, 5) is 12.1. The molecule has 2 rings (SSSR count). The summed E-state index contributed by atoms with van der Waals surface area (Å²) in [6.07, 6.45) is 0.577. The maximum absolute atomic E-state index is 12.1. The molecular formula is C16H16ClNO2. The minimum Gasteiger partial charge on any atom is -0.394 e. The zero-order valence-electron chi connectivity index (χ0n) is 10.9. The molecule has 20 heavy (non-hydrogen) atoms. The molecule has 0 heterocycles. The number of hydrogen-bond acceptors (Lipinski definition) is 2.